The van der Waals surface area contributed by atoms with Gasteiger partial charge in [0.15, 0.2) is 11.7 Å². The molecule has 192 valence electrons. The van der Waals surface area contributed by atoms with Gasteiger partial charge in [-0.25, -0.2) is 9.59 Å². The van der Waals surface area contributed by atoms with Gasteiger partial charge in [-0.3, -0.25) is 0 Å². The molecule has 0 bridgehead atoms. The van der Waals surface area contributed by atoms with Crippen molar-refractivity contribution in [1.29, 1.82) is 0 Å². The Morgan fingerprint density at radius 1 is 0.882 bits per heavy atom. The highest BCUT2D eigenvalue weighted by Gasteiger charge is 2.46. The maximum Gasteiger partial charge on any atom is 0.349 e. The Labute approximate surface area is 202 Å². The van der Waals surface area contributed by atoms with Crippen molar-refractivity contribution in [3.8, 4) is 0 Å². The van der Waals surface area contributed by atoms with E-state index in [1.54, 1.807) is 6.08 Å². The quantitative estimate of drug-likeness (QED) is 0.0727. The van der Waals surface area contributed by atoms with E-state index in [-0.39, 0.29) is 6.42 Å². The molecule has 8 nitrogen and oxygen atoms in total. The molecular formula is C26H40O8. The standard InChI is InChI=1S/C26H40O8/c1-2-3-4-5-6-7-8-9-10-11-12-13-14-15-16-17-18-22(19-27)26(33,21-29)25(32)34-24(31)23(30)20-28/h6-7,9-10,12-13,15-16,19,22-23,28-30,33H,2-5,8,11,14,17-18,20-21H2,1H3/b7-6-,10-9-,13-12-,16-15-. The van der Waals surface area contributed by atoms with Gasteiger partial charge in [-0.15, -0.1) is 0 Å². The zero-order valence-electron chi connectivity index (χ0n) is 20.1. The fourth-order valence-electron chi connectivity index (χ4n) is 2.91. The van der Waals surface area contributed by atoms with Gasteiger partial charge in [-0.1, -0.05) is 68.4 Å². The molecule has 0 saturated heterocycles. The van der Waals surface area contributed by atoms with Crippen molar-refractivity contribution in [2.24, 2.45) is 5.92 Å². The zero-order chi connectivity index (χ0) is 25.7. The molecular weight excluding hydrogens is 440 g/mol. The lowest BCUT2D eigenvalue weighted by Crippen LogP contribution is -2.52. The van der Waals surface area contributed by atoms with Crippen LogP contribution in [0.5, 0.6) is 0 Å². The van der Waals surface area contributed by atoms with Gasteiger partial charge in [0.1, 0.15) is 6.29 Å². The molecule has 8 heteroatoms. The number of aliphatic hydroxyl groups is 4. The van der Waals surface area contributed by atoms with Gasteiger partial charge < -0.3 is 30.0 Å². The average molecular weight is 481 g/mol. The summed E-state index contributed by atoms with van der Waals surface area (Å²) in [5.41, 5.74) is -2.63. The molecule has 0 radical (unpaired) electrons. The lowest BCUT2D eigenvalue weighted by Gasteiger charge is -2.28. The Balaban J connectivity index is 4.34. The van der Waals surface area contributed by atoms with E-state index in [2.05, 4.69) is 36.0 Å². The van der Waals surface area contributed by atoms with Crippen LogP contribution in [0.1, 0.15) is 64.7 Å². The minimum Gasteiger partial charge on any atom is -0.393 e. The third-order valence-corrected chi connectivity index (χ3v) is 5.11. The van der Waals surface area contributed by atoms with Crippen LogP contribution in [0.15, 0.2) is 48.6 Å². The summed E-state index contributed by atoms with van der Waals surface area (Å²) in [5.74, 6) is -4.36. The Bertz CT molecular complexity index is 695. The average Bonchev–Trinajstić information content (AvgIpc) is 2.84. The van der Waals surface area contributed by atoms with Crippen LogP contribution >= 0.6 is 0 Å². The molecule has 0 aromatic rings. The number of hydrogen-bond acceptors (Lipinski definition) is 8. The maximum absolute atomic E-state index is 12.1. The van der Waals surface area contributed by atoms with Gasteiger partial charge in [-0.05, 0) is 44.9 Å². The van der Waals surface area contributed by atoms with Crippen molar-refractivity contribution in [3.63, 3.8) is 0 Å². The Morgan fingerprint density at radius 3 is 1.88 bits per heavy atom. The molecule has 0 saturated carbocycles. The number of carbonyl (C=O) groups excluding carboxylic acids is 3. The lowest BCUT2D eigenvalue weighted by molar-refractivity contribution is -0.187. The minimum absolute atomic E-state index is 0.0291. The topological polar surface area (TPSA) is 141 Å². The van der Waals surface area contributed by atoms with Gasteiger partial charge in [0.2, 0.25) is 0 Å². The molecule has 0 fully saturated rings. The summed E-state index contributed by atoms with van der Waals surface area (Å²) in [6.45, 7) is 0.0689. The number of allylic oxidation sites excluding steroid dienone is 8. The highest BCUT2D eigenvalue weighted by Crippen LogP contribution is 2.23. The lowest BCUT2D eigenvalue weighted by atomic mass is 9.85. The summed E-state index contributed by atoms with van der Waals surface area (Å²) in [5, 5.41) is 37.7. The largest absolute Gasteiger partial charge is 0.393 e. The van der Waals surface area contributed by atoms with Crippen molar-refractivity contribution < 1.29 is 39.5 Å². The molecule has 0 aromatic heterocycles. The third-order valence-electron chi connectivity index (χ3n) is 5.11. The van der Waals surface area contributed by atoms with Crippen molar-refractivity contribution in [2.75, 3.05) is 13.2 Å². The van der Waals surface area contributed by atoms with E-state index in [4.69, 9.17) is 10.2 Å². The predicted molar refractivity (Wildman–Crippen MR) is 130 cm³/mol. The van der Waals surface area contributed by atoms with Gasteiger partial charge in [-0.2, -0.15) is 0 Å². The molecule has 0 aliphatic heterocycles. The molecule has 0 aliphatic carbocycles. The number of aliphatic hydroxyl groups excluding tert-OH is 3. The highest BCUT2D eigenvalue weighted by molar-refractivity contribution is 5.93. The first kappa shape index (κ1) is 31.6. The summed E-state index contributed by atoms with van der Waals surface area (Å²) in [7, 11) is 0. The predicted octanol–water partition coefficient (Wildman–Crippen LogP) is 2.70. The molecule has 34 heavy (non-hydrogen) atoms. The van der Waals surface area contributed by atoms with E-state index in [0.717, 1.165) is 19.3 Å². The van der Waals surface area contributed by atoms with Crippen LogP contribution in [-0.2, 0) is 19.1 Å². The van der Waals surface area contributed by atoms with Crippen molar-refractivity contribution in [2.45, 2.75) is 76.4 Å². The normalized spacial score (nSPS) is 15.8. The molecule has 4 N–H and O–H groups in total. The number of unbranched alkanes of at least 4 members (excludes halogenated alkanes) is 3. The molecule has 3 unspecified atom stereocenters. The van der Waals surface area contributed by atoms with Gasteiger partial charge in [0.25, 0.3) is 0 Å². The Kier molecular flexibility index (Phi) is 18.6. The van der Waals surface area contributed by atoms with Crippen molar-refractivity contribution in [3.05, 3.63) is 48.6 Å². The fourth-order valence-corrected chi connectivity index (χ4v) is 2.91. The number of hydrogen-bond donors (Lipinski definition) is 4. The minimum atomic E-state index is -2.63. The second kappa shape index (κ2) is 20.0. The number of aldehydes is 1. The Morgan fingerprint density at radius 2 is 1.41 bits per heavy atom. The third kappa shape index (κ3) is 13.3. The second-order valence-corrected chi connectivity index (χ2v) is 7.90. The molecule has 0 aliphatic rings. The van der Waals surface area contributed by atoms with Crippen LogP contribution in [0.25, 0.3) is 0 Å². The molecule has 0 rings (SSSR count). The molecule has 0 amide bonds. The van der Waals surface area contributed by atoms with E-state index >= 15 is 0 Å². The monoisotopic (exact) mass is 480 g/mol. The van der Waals surface area contributed by atoms with Crippen molar-refractivity contribution >= 4 is 18.2 Å². The van der Waals surface area contributed by atoms with Gasteiger partial charge in [0.05, 0.1) is 19.1 Å². The molecule has 0 heterocycles. The summed E-state index contributed by atoms with van der Waals surface area (Å²) in [6.07, 6.45) is 22.4. The van der Waals surface area contributed by atoms with Crippen molar-refractivity contribution in [1.82, 2.24) is 0 Å². The summed E-state index contributed by atoms with van der Waals surface area (Å²) < 4.78 is 4.28. The van der Waals surface area contributed by atoms with E-state index in [0.29, 0.717) is 19.1 Å². The van der Waals surface area contributed by atoms with Gasteiger partial charge in [0, 0.05) is 0 Å². The van der Waals surface area contributed by atoms with E-state index < -0.39 is 42.8 Å². The van der Waals surface area contributed by atoms with Crippen LogP contribution in [0, 0.1) is 5.92 Å². The van der Waals surface area contributed by atoms with Gasteiger partial charge >= 0.3 is 11.9 Å². The summed E-state index contributed by atoms with van der Waals surface area (Å²) >= 11 is 0. The van der Waals surface area contributed by atoms with Crippen LogP contribution in [-0.4, -0.2) is 63.6 Å². The smallest absolute Gasteiger partial charge is 0.349 e. The summed E-state index contributed by atoms with van der Waals surface area (Å²) in [4.78, 5) is 34.9. The van der Waals surface area contributed by atoms with Crippen LogP contribution < -0.4 is 0 Å². The second-order valence-electron chi connectivity index (χ2n) is 7.90. The highest BCUT2D eigenvalue weighted by atomic mass is 16.6. The first-order valence-corrected chi connectivity index (χ1v) is 11.8. The maximum atomic E-state index is 12.1. The first-order chi connectivity index (χ1) is 16.4. The first-order valence-electron chi connectivity index (χ1n) is 11.8. The molecule has 0 aromatic carbocycles. The molecule has 0 spiro atoms. The number of carbonyl (C=O) groups is 3. The Hall–Kier alpha value is -2.39. The number of ether oxygens (including phenoxy) is 1. The summed E-state index contributed by atoms with van der Waals surface area (Å²) in [6, 6.07) is 0. The van der Waals surface area contributed by atoms with Crippen LogP contribution in [0.4, 0.5) is 0 Å². The number of rotatable bonds is 19. The van der Waals surface area contributed by atoms with E-state index in [1.165, 1.54) is 19.3 Å². The van der Waals surface area contributed by atoms with Crippen LogP contribution in [0.3, 0.4) is 0 Å². The number of esters is 2. The van der Waals surface area contributed by atoms with E-state index in [1.807, 2.05) is 18.2 Å². The van der Waals surface area contributed by atoms with Crippen LogP contribution in [0.2, 0.25) is 0 Å². The van der Waals surface area contributed by atoms with E-state index in [9.17, 15) is 24.6 Å². The molecule has 3 atom stereocenters. The SMILES string of the molecule is CCCCC/C=C\C/C=C\C/C=C\C/C=C\CCC(C=O)C(O)(CO)C(=O)OC(=O)C(O)CO. The zero-order valence-corrected chi connectivity index (χ0v) is 20.1. The fraction of sp³-hybridized carbons (Fsp3) is 0.577.